The van der Waals surface area contributed by atoms with Gasteiger partial charge in [-0.05, 0) is 67.9 Å². The van der Waals surface area contributed by atoms with E-state index < -0.39 is 11.7 Å². The highest BCUT2D eigenvalue weighted by atomic mass is 19.4. The van der Waals surface area contributed by atoms with E-state index in [0.717, 1.165) is 43.6 Å². The van der Waals surface area contributed by atoms with Crippen molar-refractivity contribution in [2.75, 3.05) is 40.9 Å². The van der Waals surface area contributed by atoms with Gasteiger partial charge in [-0.25, -0.2) is 0 Å². The van der Waals surface area contributed by atoms with Crippen LogP contribution in [0.25, 0.3) is 6.08 Å². The molecular formula is C24H29F3N2O3. The molecule has 32 heavy (non-hydrogen) atoms. The molecule has 0 bridgehead atoms. The van der Waals surface area contributed by atoms with Crippen molar-refractivity contribution < 1.29 is 27.4 Å². The number of ether oxygens (including phenoxy) is 2. The van der Waals surface area contributed by atoms with Gasteiger partial charge in [0.2, 0.25) is 5.91 Å². The summed E-state index contributed by atoms with van der Waals surface area (Å²) in [5.74, 6) is 1.06. The van der Waals surface area contributed by atoms with Crippen LogP contribution in [0.2, 0.25) is 0 Å². The Morgan fingerprint density at radius 3 is 2.50 bits per heavy atom. The maximum Gasteiger partial charge on any atom is 0.416 e. The normalized spacial score (nSPS) is 11.7. The summed E-state index contributed by atoms with van der Waals surface area (Å²) in [6, 6.07) is 10.7. The standard InChI is InChI=1S/C24H29F3N2O3/c1-29(15-12-19-8-10-21(31-2)22(17-19)32-3)14-5-13-28-23(30)11-9-18-6-4-7-20(16-18)24(25,26)27/h4,6-11,16-17H,5,12-15H2,1-3H3,(H,28,30)/b11-9+. The van der Waals surface area contributed by atoms with Gasteiger partial charge in [0.15, 0.2) is 11.5 Å². The van der Waals surface area contributed by atoms with Crippen LogP contribution in [0.5, 0.6) is 11.5 Å². The Bertz CT molecular complexity index is 914. The molecule has 174 valence electrons. The molecule has 0 atom stereocenters. The van der Waals surface area contributed by atoms with Gasteiger partial charge in [0.05, 0.1) is 19.8 Å². The van der Waals surface area contributed by atoms with E-state index >= 15 is 0 Å². The SMILES string of the molecule is COc1ccc(CCN(C)CCCNC(=O)/C=C/c2cccc(C(F)(F)F)c2)cc1OC. The van der Waals surface area contributed by atoms with Gasteiger partial charge in [0.25, 0.3) is 0 Å². The molecule has 1 amide bonds. The molecule has 0 unspecified atom stereocenters. The summed E-state index contributed by atoms with van der Waals surface area (Å²) < 4.78 is 48.8. The van der Waals surface area contributed by atoms with Crippen LogP contribution in [-0.4, -0.2) is 51.7 Å². The molecule has 0 aromatic heterocycles. The van der Waals surface area contributed by atoms with Gasteiger partial charge in [-0.2, -0.15) is 13.2 Å². The Hall–Kier alpha value is -3.00. The molecule has 1 N–H and O–H groups in total. The third kappa shape index (κ3) is 8.26. The fourth-order valence-corrected chi connectivity index (χ4v) is 3.08. The topological polar surface area (TPSA) is 50.8 Å². The first kappa shape index (κ1) is 25.3. The molecule has 8 heteroatoms. The summed E-state index contributed by atoms with van der Waals surface area (Å²) in [5, 5.41) is 2.75. The number of alkyl halides is 3. The Kier molecular flexibility index (Phi) is 9.59. The number of nitrogens with zero attached hydrogens (tertiary/aromatic N) is 1. The van der Waals surface area contributed by atoms with Crippen molar-refractivity contribution >= 4 is 12.0 Å². The second-order valence-corrected chi connectivity index (χ2v) is 7.34. The number of benzene rings is 2. The minimum Gasteiger partial charge on any atom is -0.493 e. The Balaban J connectivity index is 1.69. The molecule has 0 saturated heterocycles. The van der Waals surface area contributed by atoms with Crippen molar-refractivity contribution in [3.8, 4) is 11.5 Å². The molecule has 0 aliphatic rings. The Morgan fingerprint density at radius 1 is 1.06 bits per heavy atom. The molecular weight excluding hydrogens is 421 g/mol. The van der Waals surface area contributed by atoms with Crippen LogP contribution in [0.4, 0.5) is 13.2 Å². The number of carbonyl (C=O) groups excluding carboxylic acids is 1. The molecule has 0 fully saturated rings. The van der Waals surface area contributed by atoms with Crippen molar-refractivity contribution in [1.29, 1.82) is 0 Å². The monoisotopic (exact) mass is 450 g/mol. The molecule has 0 saturated carbocycles. The molecule has 0 aliphatic heterocycles. The first-order valence-corrected chi connectivity index (χ1v) is 10.3. The number of likely N-dealkylation sites (N-methyl/N-ethyl adjacent to an activating group) is 1. The third-order valence-corrected chi connectivity index (χ3v) is 4.89. The number of hydrogen-bond donors (Lipinski definition) is 1. The lowest BCUT2D eigenvalue weighted by Crippen LogP contribution is -2.28. The Morgan fingerprint density at radius 2 is 1.81 bits per heavy atom. The molecule has 0 radical (unpaired) electrons. The molecule has 2 aromatic carbocycles. The smallest absolute Gasteiger partial charge is 0.416 e. The average Bonchev–Trinajstić information content (AvgIpc) is 2.78. The predicted octanol–water partition coefficient (Wildman–Crippen LogP) is 4.42. The molecule has 2 rings (SSSR count). The largest absolute Gasteiger partial charge is 0.493 e. The lowest BCUT2D eigenvalue weighted by Gasteiger charge is -2.17. The summed E-state index contributed by atoms with van der Waals surface area (Å²) in [4.78, 5) is 14.1. The zero-order valence-corrected chi connectivity index (χ0v) is 18.5. The highest BCUT2D eigenvalue weighted by molar-refractivity contribution is 5.91. The van der Waals surface area contributed by atoms with E-state index in [2.05, 4.69) is 10.2 Å². The minimum atomic E-state index is -4.41. The van der Waals surface area contributed by atoms with Crippen molar-refractivity contribution in [3.63, 3.8) is 0 Å². The van der Waals surface area contributed by atoms with Crippen molar-refractivity contribution in [2.24, 2.45) is 0 Å². The minimum absolute atomic E-state index is 0.324. The lowest BCUT2D eigenvalue weighted by molar-refractivity contribution is -0.137. The molecule has 5 nitrogen and oxygen atoms in total. The van der Waals surface area contributed by atoms with Gasteiger partial charge in [0, 0.05) is 19.2 Å². The summed E-state index contributed by atoms with van der Waals surface area (Å²) in [6.07, 6.45) is -0.178. The van der Waals surface area contributed by atoms with Crippen LogP contribution in [0.3, 0.4) is 0 Å². The molecule has 2 aromatic rings. The van der Waals surface area contributed by atoms with E-state index in [4.69, 9.17) is 9.47 Å². The van der Waals surface area contributed by atoms with E-state index in [1.165, 1.54) is 24.3 Å². The number of methoxy groups -OCH3 is 2. The summed E-state index contributed by atoms with van der Waals surface area (Å²) in [7, 11) is 5.22. The molecule has 0 heterocycles. The number of hydrogen-bond acceptors (Lipinski definition) is 4. The molecule has 0 spiro atoms. The zero-order valence-electron chi connectivity index (χ0n) is 18.5. The van der Waals surface area contributed by atoms with E-state index in [0.29, 0.717) is 23.6 Å². The van der Waals surface area contributed by atoms with Crippen molar-refractivity contribution in [3.05, 3.63) is 65.2 Å². The number of carbonyl (C=O) groups is 1. The summed E-state index contributed by atoms with van der Waals surface area (Å²) >= 11 is 0. The van der Waals surface area contributed by atoms with Crippen LogP contribution in [0.1, 0.15) is 23.1 Å². The van der Waals surface area contributed by atoms with Crippen LogP contribution in [0, 0.1) is 0 Å². The van der Waals surface area contributed by atoms with Gasteiger partial charge >= 0.3 is 6.18 Å². The lowest BCUT2D eigenvalue weighted by atomic mass is 10.1. The van der Waals surface area contributed by atoms with Crippen LogP contribution < -0.4 is 14.8 Å². The number of halogens is 3. The number of amides is 1. The van der Waals surface area contributed by atoms with Gasteiger partial charge in [0.1, 0.15) is 0 Å². The van der Waals surface area contributed by atoms with Crippen molar-refractivity contribution in [2.45, 2.75) is 19.0 Å². The van der Waals surface area contributed by atoms with Gasteiger partial charge in [-0.3, -0.25) is 4.79 Å². The third-order valence-electron chi connectivity index (χ3n) is 4.89. The first-order valence-electron chi connectivity index (χ1n) is 10.3. The van der Waals surface area contributed by atoms with Gasteiger partial charge < -0.3 is 19.7 Å². The maximum absolute atomic E-state index is 12.7. The summed E-state index contributed by atoms with van der Waals surface area (Å²) in [5.41, 5.74) is 0.726. The average molecular weight is 451 g/mol. The highest BCUT2D eigenvalue weighted by Gasteiger charge is 2.30. The van der Waals surface area contributed by atoms with E-state index in [9.17, 15) is 18.0 Å². The van der Waals surface area contributed by atoms with E-state index in [-0.39, 0.29) is 5.91 Å². The fourth-order valence-electron chi connectivity index (χ4n) is 3.08. The first-order chi connectivity index (χ1) is 15.2. The van der Waals surface area contributed by atoms with E-state index in [1.807, 2.05) is 25.2 Å². The number of nitrogens with one attached hydrogen (secondary N) is 1. The second-order valence-electron chi connectivity index (χ2n) is 7.34. The van der Waals surface area contributed by atoms with Gasteiger partial charge in [-0.15, -0.1) is 0 Å². The zero-order chi connectivity index (χ0) is 23.6. The van der Waals surface area contributed by atoms with Crippen molar-refractivity contribution in [1.82, 2.24) is 10.2 Å². The van der Waals surface area contributed by atoms with Crippen LogP contribution in [-0.2, 0) is 17.4 Å². The quantitative estimate of drug-likeness (QED) is 0.407. The number of rotatable bonds is 11. The van der Waals surface area contributed by atoms with Crippen LogP contribution >= 0.6 is 0 Å². The predicted molar refractivity (Wildman–Crippen MR) is 119 cm³/mol. The van der Waals surface area contributed by atoms with Gasteiger partial charge in [-0.1, -0.05) is 18.2 Å². The highest BCUT2D eigenvalue weighted by Crippen LogP contribution is 2.30. The van der Waals surface area contributed by atoms with E-state index in [1.54, 1.807) is 14.2 Å². The molecule has 0 aliphatic carbocycles. The Labute approximate surface area is 186 Å². The maximum atomic E-state index is 12.7. The fraction of sp³-hybridized carbons (Fsp3) is 0.375. The van der Waals surface area contributed by atoms with Crippen LogP contribution in [0.15, 0.2) is 48.5 Å². The summed E-state index contributed by atoms with van der Waals surface area (Å²) in [6.45, 7) is 2.12. The second kappa shape index (κ2) is 12.1.